The number of halogens is 1. The molecule has 0 aliphatic carbocycles. The number of benzene rings is 1. The summed E-state index contributed by atoms with van der Waals surface area (Å²) in [6.07, 6.45) is 4.99. The van der Waals surface area contributed by atoms with Crippen LogP contribution in [0.5, 0.6) is 0 Å². The van der Waals surface area contributed by atoms with Crippen LogP contribution in [-0.2, 0) is 25.7 Å². The Labute approximate surface area is 230 Å². The summed E-state index contributed by atoms with van der Waals surface area (Å²) < 4.78 is 27.4. The first-order valence-electron chi connectivity index (χ1n) is 13.0. The molecule has 1 unspecified atom stereocenters. The van der Waals surface area contributed by atoms with E-state index in [1.165, 1.54) is 11.0 Å². The van der Waals surface area contributed by atoms with Gasteiger partial charge in [-0.3, -0.25) is 14.7 Å². The quantitative estimate of drug-likeness (QED) is 0.331. The fourth-order valence-corrected chi connectivity index (χ4v) is 4.46. The van der Waals surface area contributed by atoms with Crippen LogP contribution in [0.2, 0.25) is 0 Å². The lowest BCUT2D eigenvalue weighted by molar-refractivity contribution is -0.147. The van der Waals surface area contributed by atoms with Crippen molar-refractivity contribution in [2.45, 2.75) is 38.0 Å². The van der Waals surface area contributed by atoms with Crippen LogP contribution in [0.25, 0.3) is 11.1 Å². The van der Waals surface area contributed by atoms with Gasteiger partial charge in [0.1, 0.15) is 24.2 Å². The number of anilines is 1. The second-order valence-electron chi connectivity index (χ2n) is 9.90. The molecule has 2 aliphatic rings. The summed E-state index contributed by atoms with van der Waals surface area (Å²) in [7, 11) is 3.91. The number of nitrogens with zero attached hydrogens (tertiary/aromatic N) is 7. The van der Waals surface area contributed by atoms with Crippen molar-refractivity contribution in [3.05, 3.63) is 60.4 Å². The van der Waals surface area contributed by atoms with Crippen molar-refractivity contribution >= 4 is 23.5 Å². The molecule has 1 amide bonds. The maximum absolute atomic E-state index is 15.1. The minimum absolute atomic E-state index is 0.120. The fourth-order valence-electron chi connectivity index (χ4n) is 4.46. The van der Waals surface area contributed by atoms with Gasteiger partial charge in [-0.2, -0.15) is 0 Å². The maximum atomic E-state index is 15.1. The highest BCUT2D eigenvalue weighted by molar-refractivity contribution is 5.99. The van der Waals surface area contributed by atoms with E-state index in [0.29, 0.717) is 47.6 Å². The summed E-state index contributed by atoms with van der Waals surface area (Å²) in [4.78, 5) is 37.5. The summed E-state index contributed by atoms with van der Waals surface area (Å²) >= 11 is 0. The van der Waals surface area contributed by atoms with E-state index in [1.54, 1.807) is 47.5 Å². The summed E-state index contributed by atoms with van der Waals surface area (Å²) in [6.45, 7) is 1.57. The van der Waals surface area contributed by atoms with Crippen LogP contribution in [-0.4, -0.2) is 88.7 Å². The molecule has 1 fully saturated rings. The summed E-state index contributed by atoms with van der Waals surface area (Å²) in [5.41, 5.74) is 2.54. The largest absolute Gasteiger partial charge is 0.462 e. The third kappa shape index (κ3) is 6.60. The second kappa shape index (κ2) is 12.2. The zero-order chi connectivity index (χ0) is 28.1. The first kappa shape index (κ1) is 27.2. The van der Waals surface area contributed by atoms with Crippen LogP contribution in [0.3, 0.4) is 0 Å². The van der Waals surface area contributed by atoms with Gasteiger partial charge in [0.25, 0.3) is 0 Å². The molecule has 13 heteroatoms. The number of pyridine rings is 1. The van der Waals surface area contributed by atoms with E-state index < -0.39 is 18.0 Å². The number of hydrogen-bond donors (Lipinski definition) is 0. The average Bonchev–Trinajstić information content (AvgIpc) is 3.69. The van der Waals surface area contributed by atoms with Gasteiger partial charge < -0.3 is 19.2 Å². The van der Waals surface area contributed by atoms with Gasteiger partial charge in [0, 0.05) is 36.4 Å². The van der Waals surface area contributed by atoms with Crippen molar-refractivity contribution in [1.82, 2.24) is 24.9 Å². The van der Waals surface area contributed by atoms with Crippen molar-refractivity contribution in [2.75, 3.05) is 38.7 Å². The molecule has 1 saturated heterocycles. The molecule has 1 aromatic carbocycles. The van der Waals surface area contributed by atoms with Crippen LogP contribution in [0.4, 0.5) is 14.9 Å². The molecule has 2 aliphatic heterocycles. The van der Waals surface area contributed by atoms with Gasteiger partial charge in [-0.25, -0.2) is 13.9 Å². The van der Waals surface area contributed by atoms with Crippen molar-refractivity contribution in [2.24, 2.45) is 5.16 Å². The number of cyclic esters (lactones) is 1. The number of rotatable bonds is 11. The Balaban J connectivity index is 1.15. The molecule has 0 saturated carbocycles. The van der Waals surface area contributed by atoms with Crippen molar-refractivity contribution in [3.63, 3.8) is 0 Å². The smallest absolute Gasteiger partial charge is 0.414 e. The third-order valence-electron chi connectivity index (χ3n) is 6.52. The molecule has 0 radical (unpaired) electrons. The number of hydrogen-bond acceptors (Lipinski definition) is 10. The van der Waals surface area contributed by atoms with Crippen molar-refractivity contribution in [3.8, 4) is 11.1 Å². The molecule has 5 rings (SSSR count). The molecule has 3 aromatic rings. The fraction of sp³-hybridized carbons (Fsp3) is 0.407. The Kier molecular flexibility index (Phi) is 8.29. The number of oxime groups is 1. The molecular formula is C27H30FN7O5. The number of carbonyl (C=O) groups excluding carboxylic acids is 2. The minimum atomic E-state index is -0.541. The van der Waals surface area contributed by atoms with Gasteiger partial charge >= 0.3 is 12.1 Å². The zero-order valence-corrected chi connectivity index (χ0v) is 22.3. The average molecular weight is 552 g/mol. The Morgan fingerprint density at radius 3 is 2.83 bits per heavy atom. The first-order chi connectivity index (χ1) is 19.4. The number of aromatic nitrogens is 4. The second-order valence-corrected chi connectivity index (χ2v) is 9.90. The molecular weight excluding hydrogens is 521 g/mol. The number of carbonyl (C=O) groups is 2. The molecule has 0 spiro atoms. The van der Waals surface area contributed by atoms with E-state index in [4.69, 9.17) is 14.3 Å². The van der Waals surface area contributed by atoms with E-state index in [-0.39, 0.29) is 25.2 Å². The highest BCUT2D eigenvalue weighted by atomic mass is 19.1. The lowest BCUT2D eigenvalue weighted by Crippen LogP contribution is -2.26. The predicted molar refractivity (Wildman–Crippen MR) is 142 cm³/mol. The minimum Gasteiger partial charge on any atom is -0.462 e. The van der Waals surface area contributed by atoms with E-state index in [9.17, 15) is 9.59 Å². The van der Waals surface area contributed by atoms with Gasteiger partial charge in [-0.15, -0.1) is 5.10 Å². The molecule has 12 nitrogen and oxygen atoms in total. The van der Waals surface area contributed by atoms with Gasteiger partial charge in [0.15, 0.2) is 6.10 Å². The monoisotopic (exact) mass is 551 g/mol. The Morgan fingerprint density at radius 2 is 2.10 bits per heavy atom. The third-order valence-corrected chi connectivity index (χ3v) is 6.52. The van der Waals surface area contributed by atoms with Crippen LogP contribution < -0.4 is 4.90 Å². The molecule has 2 atom stereocenters. The number of ether oxygens (including phenoxy) is 2. The van der Waals surface area contributed by atoms with Gasteiger partial charge in [0.2, 0.25) is 0 Å². The normalized spacial score (nSPS) is 18.6. The van der Waals surface area contributed by atoms with Crippen molar-refractivity contribution in [1.29, 1.82) is 0 Å². The molecule has 2 aromatic heterocycles. The Bertz CT molecular complexity index is 1360. The molecule has 0 bridgehead atoms. The predicted octanol–water partition coefficient (Wildman–Crippen LogP) is 2.88. The number of esters is 1. The van der Waals surface area contributed by atoms with E-state index in [0.717, 1.165) is 13.0 Å². The zero-order valence-electron chi connectivity index (χ0n) is 22.3. The van der Waals surface area contributed by atoms with E-state index >= 15 is 4.39 Å². The van der Waals surface area contributed by atoms with E-state index in [2.05, 4.69) is 20.5 Å². The van der Waals surface area contributed by atoms with Crippen LogP contribution in [0, 0.1) is 5.82 Å². The Morgan fingerprint density at radius 1 is 1.23 bits per heavy atom. The number of amides is 1. The lowest BCUT2D eigenvalue weighted by atomic mass is 10.0. The topological polar surface area (TPSA) is 124 Å². The summed E-state index contributed by atoms with van der Waals surface area (Å²) in [5.74, 6) is -0.753. The van der Waals surface area contributed by atoms with Crippen LogP contribution >= 0.6 is 0 Å². The highest BCUT2D eigenvalue weighted by Crippen LogP contribution is 2.29. The molecule has 210 valence electrons. The van der Waals surface area contributed by atoms with Crippen LogP contribution in [0.15, 0.2) is 54.1 Å². The SMILES string of the molecule is CN(C)CCCC(=O)OCC1CC(c2ccc(-c3ccc(N4C[C@H](Cn5ccnn5)OC4=O)cc3F)cn2)=NO1. The standard InChI is InChI=1S/C27H30FN7O5/c1-33(2)10-3-4-26(36)38-17-20-13-25(31-40-20)24-8-5-18(14-29-24)22-7-6-19(12-23(22)28)35-16-21(39-27(35)37)15-34-11-9-30-32-34/h5-9,11-12,14,20-21H,3-4,10,13,15-17H2,1-2H3/t20?,21-/m0/s1. The van der Waals surface area contributed by atoms with Crippen LogP contribution in [0.1, 0.15) is 25.0 Å². The van der Waals surface area contributed by atoms with E-state index in [1.807, 2.05) is 19.0 Å². The van der Waals surface area contributed by atoms with Gasteiger partial charge in [0.05, 0.1) is 30.7 Å². The van der Waals surface area contributed by atoms with Crippen molar-refractivity contribution < 1.29 is 28.3 Å². The molecule has 0 N–H and O–H groups in total. The lowest BCUT2D eigenvalue weighted by Gasteiger charge is -2.14. The summed E-state index contributed by atoms with van der Waals surface area (Å²) in [6, 6.07) is 8.08. The Hall–Kier alpha value is -4.39. The van der Waals surface area contributed by atoms with Gasteiger partial charge in [-0.1, -0.05) is 16.4 Å². The molecule has 4 heterocycles. The summed E-state index contributed by atoms with van der Waals surface area (Å²) in [5, 5.41) is 11.7. The maximum Gasteiger partial charge on any atom is 0.414 e. The van der Waals surface area contributed by atoms with Gasteiger partial charge in [-0.05, 0) is 51.3 Å². The first-order valence-corrected chi connectivity index (χ1v) is 13.0. The highest BCUT2D eigenvalue weighted by Gasteiger charge is 2.33. The molecule has 40 heavy (non-hydrogen) atoms.